The molecule has 1 aromatic heterocycles. The third-order valence-corrected chi connectivity index (χ3v) is 2.76. The van der Waals surface area contributed by atoms with Crippen molar-refractivity contribution in [3.63, 3.8) is 0 Å². The van der Waals surface area contributed by atoms with Crippen molar-refractivity contribution in [3.05, 3.63) is 18.1 Å². The van der Waals surface area contributed by atoms with Crippen molar-refractivity contribution in [2.24, 2.45) is 5.73 Å². The summed E-state index contributed by atoms with van der Waals surface area (Å²) >= 11 is 0. The topological polar surface area (TPSA) is 99.8 Å². The molecular weight excluding hydrogens is 276 g/mol. The molecule has 0 fully saturated rings. The highest BCUT2D eigenvalue weighted by atomic mass is 16.5. The van der Waals surface area contributed by atoms with E-state index < -0.39 is 5.91 Å². The molecule has 1 aromatic rings. The van der Waals surface area contributed by atoms with Crippen molar-refractivity contribution < 1.29 is 19.0 Å². The van der Waals surface area contributed by atoms with Crippen LogP contribution in [0.4, 0.5) is 0 Å². The summed E-state index contributed by atoms with van der Waals surface area (Å²) in [5.74, 6) is -0.252. The predicted octanol–water partition coefficient (Wildman–Crippen LogP) is -0.451. The summed E-state index contributed by atoms with van der Waals surface area (Å²) in [6.07, 6.45) is 2.68. The number of primary amides is 1. The first-order valence-corrected chi connectivity index (χ1v) is 6.62. The lowest BCUT2D eigenvalue weighted by atomic mass is 10.4. The van der Waals surface area contributed by atoms with Crippen LogP contribution >= 0.6 is 0 Å². The van der Waals surface area contributed by atoms with Gasteiger partial charge in [0.15, 0.2) is 0 Å². The largest absolute Gasteiger partial charge is 0.475 e. The van der Waals surface area contributed by atoms with Gasteiger partial charge >= 0.3 is 0 Å². The summed E-state index contributed by atoms with van der Waals surface area (Å²) in [5.41, 5.74) is 5.20. The van der Waals surface area contributed by atoms with Crippen LogP contribution < -0.4 is 10.5 Å². The van der Waals surface area contributed by atoms with Crippen LogP contribution in [0.3, 0.4) is 0 Å². The molecule has 0 aliphatic rings. The zero-order chi connectivity index (χ0) is 15.5. The van der Waals surface area contributed by atoms with Crippen LogP contribution in [-0.4, -0.2) is 74.4 Å². The first-order valence-electron chi connectivity index (χ1n) is 6.62. The molecule has 0 atom stereocenters. The highest BCUT2D eigenvalue weighted by molar-refractivity contribution is 5.90. The fourth-order valence-electron chi connectivity index (χ4n) is 1.57. The zero-order valence-electron chi connectivity index (χ0n) is 12.4. The van der Waals surface area contributed by atoms with Gasteiger partial charge in [-0.3, -0.25) is 9.69 Å². The Morgan fingerprint density at radius 3 is 2.19 bits per heavy atom. The highest BCUT2D eigenvalue weighted by Crippen LogP contribution is 2.03. The van der Waals surface area contributed by atoms with E-state index in [0.717, 1.165) is 13.1 Å². The summed E-state index contributed by atoms with van der Waals surface area (Å²) in [6.45, 7) is 4.07. The summed E-state index contributed by atoms with van der Waals surface area (Å²) < 4.78 is 15.6. The van der Waals surface area contributed by atoms with Gasteiger partial charge < -0.3 is 19.9 Å². The van der Waals surface area contributed by atoms with Gasteiger partial charge in [-0.1, -0.05) is 0 Å². The molecule has 118 valence electrons. The fraction of sp³-hybridized carbons (Fsp3) is 0.615. The van der Waals surface area contributed by atoms with E-state index in [2.05, 4.69) is 14.9 Å². The van der Waals surface area contributed by atoms with E-state index in [1.807, 2.05) is 0 Å². The molecule has 0 aliphatic carbocycles. The number of hydrogen-bond donors (Lipinski definition) is 1. The van der Waals surface area contributed by atoms with Crippen LogP contribution in [-0.2, 0) is 9.47 Å². The predicted molar refractivity (Wildman–Crippen MR) is 76.2 cm³/mol. The lowest BCUT2D eigenvalue weighted by Crippen LogP contribution is -2.34. The van der Waals surface area contributed by atoms with Crippen molar-refractivity contribution in [3.8, 4) is 5.88 Å². The van der Waals surface area contributed by atoms with Gasteiger partial charge in [-0.15, -0.1) is 0 Å². The molecule has 0 aliphatic heterocycles. The molecule has 0 aromatic carbocycles. The van der Waals surface area contributed by atoms with Crippen LogP contribution in [0, 0.1) is 0 Å². The van der Waals surface area contributed by atoms with Gasteiger partial charge in [0.1, 0.15) is 12.3 Å². The van der Waals surface area contributed by atoms with E-state index in [1.165, 1.54) is 12.4 Å². The Kier molecular flexibility index (Phi) is 8.25. The van der Waals surface area contributed by atoms with Crippen LogP contribution in [0.1, 0.15) is 10.5 Å². The normalized spacial score (nSPS) is 10.8. The molecule has 8 heteroatoms. The van der Waals surface area contributed by atoms with Crippen molar-refractivity contribution in [1.82, 2.24) is 14.9 Å². The van der Waals surface area contributed by atoms with Crippen molar-refractivity contribution in [2.45, 2.75) is 0 Å². The van der Waals surface area contributed by atoms with Crippen LogP contribution in [0.25, 0.3) is 0 Å². The summed E-state index contributed by atoms with van der Waals surface area (Å²) in [6, 6.07) is 0. The summed E-state index contributed by atoms with van der Waals surface area (Å²) in [5, 5.41) is 0. The third kappa shape index (κ3) is 6.98. The van der Waals surface area contributed by atoms with Gasteiger partial charge in [-0.2, -0.15) is 0 Å². The second-order valence-corrected chi connectivity index (χ2v) is 4.28. The van der Waals surface area contributed by atoms with E-state index in [1.54, 1.807) is 14.2 Å². The average molecular weight is 298 g/mol. The molecule has 0 spiro atoms. The Morgan fingerprint density at radius 2 is 1.71 bits per heavy atom. The maximum absolute atomic E-state index is 10.9. The van der Waals surface area contributed by atoms with E-state index in [9.17, 15) is 4.79 Å². The number of aromatic nitrogens is 2. The number of nitrogens with two attached hydrogens (primary N) is 1. The lowest BCUT2D eigenvalue weighted by Gasteiger charge is -2.21. The molecule has 0 saturated heterocycles. The molecular formula is C13H22N4O4. The maximum atomic E-state index is 10.9. The van der Waals surface area contributed by atoms with Gasteiger partial charge in [-0.05, 0) is 0 Å². The van der Waals surface area contributed by atoms with Gasteiger partial charge in [0.2, 0.25) is 5.88 Å². The Balaban J connectivity index is 2.36. The number of methoxy groups -OCH3 is 2. The van der Waals surface area contributed by atoms with E-state index in [-0.39, 0.29) is 5.69 Å². The first kappa shape index (κ1) is 17.3. The number of rotatable bonds is 11. The number of hydrogen-bond acceptors (Lipinski definition) is 7. The zero-order valence-corrected chi connectivity index (χ0v) is 12.4. The van der Waals surface area contributed by atoms with Crippen molar-refractivity contribution in [1.29, 1.82) is 0 Å². The van der Waals surface area contributed by atoms with Crippen LogP contribution in [0.2, 0.25) is 0 Å². The monoisotopic (exact) mass is 298 g/mol. The van der Waals surface area contributed by atoms with Gasteiger partial charge in [0.25, 0.3) is 5.91 Å². The molecule has 21 heavy (non-hydrogen) atoms. The maximum Gasteiger partial charge on any atom is 0.268 e. The minimum Gasteiger partial charge on any atom is -0.475 e. The molecule has 0 radical (unpaired) electrons. The molecule has 1 rings (SSSR count). The SMILES string of the molecule is COCCN(CCOC)CCOc1cnc(C(N)=O)cn1. The number of carbonyl (C=O) groups is 1. The average Bonchev–Trinajstić information content (AvgIpc) is 2.50. The minimum atomic E-state index is -0.612. The smallest absolute Gasteiger partial charge is 0.268 e. The second kappa shape index (κ2) is 10.0. The van der Waals surface area contributed by atoms with Crippen molar-refractivity contribution in [2.75, 3.05) is 53.7 Å². The van der Waals surface area contributed by atoms with E-state index >= 15 is 0 Å². The number of nitrogens with zero attached hydrogens (tertiary/aromatic N) is 3. The van der Waals surface area contributed by atoms with Gasteiger partial charge in [0.05, 0.1) is 25.6 Å². The fourth-order valence-corrected chi connectivity index (χ4v) is 1.57. The standard InChI is InChI=1S/C13H22N4O4/c1-19-6-3-17(4-7-20-2)5-8-21-12-10-15-11(9-16-12)13(14)18/h9-10H,3-8H2,1-2H3,(H2,14,18). The number of carbonyl (C=O) groups excluding carboxylic acids is 1. The van der Waals surface area contributed by atoms with Crippen LogP contribution in [0.5, 0.6) is 5.88 Å². The third-order valence-electron chi connectivity index (χ3n) is 2.76. The van der Waals surface area contributed by atoms with Gasteiger partial charge in [-0.25, -0.2) is 9.97 Å². The number of ether oxygens (including phenoxy) is 3. The Hall–Kier alpha value is -1.77. The number of amides is 1. The quantitative estimate of drug-likeness (QED) is 0.590. The highest BCUT2D eigenvalue weighted by Gasteiger charge is 2.06. The molecule has 2 N–H and O–H groups in total. The molecule has 8 nitrogen and oxygen atoms in total. The Labute approximate surface area is 124 Å². The molecule has 0 saturated carbocycles. The summed E-state index contributed by atoms with van der Waals surface area (Å²) in [7, 11) is 3.34. The van der Waals surface area contributed by atoms with E-state index in [4.69, 9.17) is 19.9 Å². The minimum absolute atomic E-state index is 0.115. The Bertz CT molecular complexity index is 405. The second-order valence-electron chi connectivity index (χ2n) is 4.28. The lowest BCUT2D eigenvalue weighted by molar-refractivity contribution is 0.0994. The molecule has 0 bridgehead atoms. The summed E-state index contributed by atoms with van der Waals surface area (Å²) in [4.78, 5) is 20.9. The van der Waals surface area contributed by atoms with E-state index in [0.29, 0.717) is 32.2 Å². The van der Waals surface area contributed by atoms with Gasteiger partial charge in [0, 0.05) is 33.9 Å². The molecule has 1 heterocycles. The Morgan fingerprint density at radius 1 is 1.10 bits per heavy atom. The van der Waals surface area contributed by atoms with Crippen molar-refractivity contribution >= 4 is 5.91 Å². The molecule has 0 unspecified atom stereocenters. The van der Waals surface area contributed by atoms with Crippen LogP contribution in [0.15, 0.2) is 12.4 Å². The first-order chi connectivity index (χ1) is 10.2. The molecule has 1 amide bonds.